The molecule has 2 rings (SSSR count). The molecule has 0 fully saturated rings. The number of nitrogens with zero attached hydrogens (tertiary/aromatic N) is 3. The Bertz CT molecular complexity index is 756. The minimum absolute atomic E-state index is 0.219. The topological polar surface area (TPSA) is 90.9 Å². The molecule has 0 unspecified atom stereocenters. The lowest BCUT2D eigenvalue weighted by Gasteiger charge is -2.13. The van der Waals surface area contributed by atoms with Crippen molar-refractivity contribution in [2.75, 3.05) is 0 Å². The van der Waals surface area contributed by atoms with Crippen molar-refractivity contribution < 1.29 is 8.42 Å². The number of hydrogen-bond donors (Lipinski definition) is 1. The van der Waals surface area contributed by atoms with Gasteiger partial charge in [-0.15, -0.1) is 10.2 Å². The Morgan fingerprint density at radius 2 is 1.90 bits per heavy atom. The number of halogens is 2. The summed E-state index contributed by atoms with van der Waals surface area (Å²) >= 11 is 12.0. The van der Waals surface area contributed by atoms with E-state index < -0.39 is 10.0 Å². The van der Waals surface area contributed by atoms with Crippen molar-refractivity contribution in [2.24, 2.45) is 5.14 Å². The van der Waals surface area contributed by atoms with Gasteiger partial charge in [0.1, 0.15) is 0 Å². The van der Waals surface area contributed by atoms with E-state index >= 15 is 0 Å². The van der Waals surface area contributed by atoms with E-state index in [4.69, 9.17) is 28.3 Å². The second-order valence-electron chi connectivity index (χ2n) is 4.44. The number of primary sulfonamides is 1. The van der Waals surface area contributed by atoms with Crippen molar-refractivity contribution in [3.05, 3.63) is 28.2 Å². The molecule has 0 saturated heterocycles. The van der Waals surface area contributed by atoms with Gasteiger partial charge in [-0.2, -0.15) is 0 Å². The zero-order valence-electron chi connectivity index (χ0n) is 10.7. The highest BCUT2D eigenvalue weighted by atomic mass is 35.5. The van der Waals surface area contributed by atoms with Crippen LogP contribution in [0.2, 0.25) is 10.0 Å². The van der Waals surface area contributed by atoms with Crippen molar-refractivity contribution in [2.45, 2.75) is 25.0 Å². The molecular weight excluding hydrogens is 323 g/mol. The van der Waals surface area contributed by atoms with Gasteiger partial charge in [0.2, 0.25) is 0 Å². The smallest absolute Gasteiger partial charge is 0.273 e. The van der Waals surface area contributed by atoms with Crippen LogP contribution in [0.25, 0.3) is 11.4 Å². The molecule has 6 nitrogen and oxygen atoms in total. The fourth-order valence-corrected chi connectivity index (χ4v) is 2.89. The molecule has 0 aliphatic heterocycles. The van der Waals surface area contributed by atoms with Gasteiger partial charge in [0.05, 0.1) is 5.02 Å². The van der Waals surface area contributed by atoms with Crippen LogP contribution in [-0.4, -0.2) is 23.2 Å². The summed E-state index contributed by atoms with van der Waals surface area (Å²) < 4.78 is 24.5. The maximum absolute atomic E-state index is 11.6. The third-order valence-electron chi connectivity index (χ3n) is 2.60. The monoisotopic (exact) mass is 334 g/mol. The standard InChI is InChI=1S/C11H12Cl2N4O2S/c1-6(2)17-10(15-16-11(17)20(14,18)19)8-5-7(12)3-4-9(8)13/h3-6H,1-2H3,(H2,14,18,19). The molecule has 0 amide bonds. The van der Waals surface area contributed by atoms with Crippen LogP contribution in [0.15, 0.2) is 23.4 Å². The predicted molar refractivity (Wildman–Crippen MR) is 77.2 cm³/mol. The van der Waals surface area contributed by atoms with Gasteiger partial charge in [0.25, 0.3) is 15.2 Å². The average Bonchev–Trinajstić information content (AvgIpc) is 2.76. The van der Waals surface area contributed by atoms with Crippen LogP contribution in [-0.2, 0) is 10.0 Å². The maximum Gasteiger partial charge on any atom is 0.273 e. The van der Waals surface area contributed by atoms with Gasteiger partial charge in [-0.05, 0) is 32.0 Å². The van der Waals surface area contributed by atoms with Crippen LogP contribution in [0, 0.1) is 0 Å². The van der Waals surface area contributed by atoms with Gasteiger partial charge < -0.3 is 0 Å². The third-order valence-corrected chi connectivity index (χ3v) is 3.96. The summed E-state index contributed by atoms with van der Waals surface area (Å²) in [5, 5.41) is 13.2. The van der Waals surface area contributed by atoms with Crippen LogP contribution < -0.4 is 5.14 Å². The Balaban J connectivity index is 2.76. The summed E-state index contributed by atoms with van der Waals surface area (Å²) in [5.41, 5.74) is 0.496. The summed E-state index contributed by atoms with van der Waals surface area (Å²) in [5.74, 6) is 0.302. The maximum atomic E-state index is 11.6. The van der Waals surface area contributed by atoms with E-state index in [-0.39, 0.29) is 11.2 Å². The number of rotatable bonds is 3. The highest BCUT2D eigenvalue weighted by Gasteiger charge is 2.24. The lowest BCUT2D eigenvalue weighted by atomic mass is 10.2. The fourth-order valence-electron chi connectivity index (χ4n) is 1.79. The molecule has 0 atom stereocenters. The first-order valence-corrected chi connectivity index (χ1v) is 7.95. The molecule has 2 aromatic rings. The van der Waals surface area contributed by atoms with Crippen molar-refractivity contribution in [3.8, 4) is 11.4 Å². The van der Waals surface area contributed by atoms with E-state index in [1.54, 1.807) is 32.0 Å². The molecule has 0 aliphatic rings. The molecule has 1 heterocycles. The van der Waals surface area contributed by atoms with Crippen LogP contribution >= 0.6 is 23.2 Å². The quantitative estimate of drug-likeness (QED) is 0.933. The van der Waals surface area contributed by atoms with Gasteiger partial charge in [0, 0.05) is 16.6 Å². The predicted octanol–water partition coefficient (Wildman–Crippen LogP) is 2.48. The lowest BCUT2D eigenvalue weighted by Crippen LogP contribution is -2.20. The molecule has 9 heteroatoms. The molecule has 1 aromatic carbocycles. The van der Waals surface area contributed by atoms with Crippen molar-refractivity contribution in [1.29, 1.82) is 0 Å². The average molecular weight is 335 g/mol. The van der Waals surface area contributed by atoms with Gasteiger partial charge in [-0.1, -0.05) is 23.2 Å². The normalized spacial score (nSPS) is 12.1. The molecule has 0 spiro atoms. The molecular formula is C11H12Cl2N4O2S. The molecule has 0 bridgehead atoms. The first-order chi connectivity index (χ1) is 9.21. The number of hydrogen-bond acceptors (Lipinski definition) is 4. The molecule has 1 aromatic heterocycles. The fraction of sp³-hybridized carbons (Fsp3) is 0.273. The molecule has 108 valence electrons. The number of benzene rings is 1. The number of sulfonamides is 1. The third kappa shape index (κ3) is 2.80. The van der Waals surface area contributed by atoms with E-state index in [9.17, 15) is 8.42 Å². The summed E-state index contributed by atoms with van der Waals surface area (Å²) in [7, 11) is -3.98. The Morgan fingerprint density at radius 3 is 2.45 bits per heavy atom. The molecule has 0 radical (unpaired) electrons. The largest absolute Gasteiger partial charge is 0.294 e. The van der Waals surface area contributed by atoms with Crippen molar-refractivity contribution >= 4 is 33.2 Å². The highest BCUT2D eigenvalue weighted by Crippen LogP contribution is 2.32. The van der Waals surface area contributed by atoms with Crippen molar-refractivity contribution in [3.63, 3.8) is 0 Å². The summed E-state index contributed by atoms with van der Waals surface area (Å²) in [6.45, 7) is 3.58. The number of nitrogens with two attached hydrogens (primary N) is 1. The van der Waals surface area contributed by atoms with E-state index in [1.165, 1.54) is 4.57 Å². The van der Waals surface area contributed by atoms with Gasteiger partial charge in [0.15, 0.2) is 5.82 Å². The Morgan fingerprint density at radius 1 is 1.25 bits per heavy atom. The second kappa shape index (κ2) is 5.33. The van der Waals surface area contributed by atoms with Crippen LogP contribution in [0.1, 0.15) is 19.9 Å². The van der Waals surface area contributed by atoms with Crippen molar-refractivity contribution in [1.82, 2.24) is 14.8 Å². The van der Waals surface area contributed by atoms with Crippen LogP contribution in [0.3, 0.4) is 0 Å². The minimum atomic E-state index is -3.98. The molecule has 20 heavy (non-hydrogen) atoms. The van der Waals surface area contributed by atoms with E-state index in [1.807, 2.05) is 0 Å². The lowest BCUT2D eigenvalue weighted by molar-refractivity contribution is 0.524. The second-order valence-corrected chi connectivity index (χ2v) is 6.74. The summed E-state index contributed by atoms with van der Waals surface area (Å²) in [6, 6.07) is 4.61. The first-order valence-electron chi connectivity index (χ1n) is 5.65. The highest BCUT2D eigenvalue weighted by molar-refractivity contribution is 7.89. The molecule has 0 saturated carbocycles. The zero-order valence-corrected chi connectivity index (χ0v) is 13.0. The van der Waals surface area contributed by atoms with Crippen LogP contribution in [0.4, 0.5) is 0 Å². The van der Waals surface area contributed by atoms with Crippen LogP contribution in [0.5, 0.6) is 0 Å². The van der Waals surface area contributed by atoms with Gasteiger partial charge in [-0.3, -0.25) is 4.57 Å². The SMILES string of the molecule is CC(C)n1c(-c2cc(Cl)ccc2Cl)nnc1S(N)(=O)=O. The van der Waals surface area contributed by atoms with E-state index in [0.717, 1.165) is 0 Å². The number of aromatic nitrogens is 3. The Labute approximate surface area is 126 Å². The Hall–Kier alpha value is -1.15. The van der Waals surface area contributed by atoms with E-state index in [2.05, 4.69) is 10.2 Å². The minimum Gasteiger partial charge on any atom is -0.294 e. The summed E-state index contributed by atoms with van der Waals surface area (Å²) in [6.07, 6.45) is 0. The summed E-state index contributed by atoms with van der Waals surface area (Å²) in [4.78, 5) is 0. The first kappa shape index (κ1) is 15.2. The van der Waals surface area contributed by atoms with Gasteiger partial charge >= 0.3 is 0 Å². The molecule has 2 N–H and O–H groups in total. The Kier molecular flexibility index (Phi) is 4.06. The molecule has 0 aliphatic carbocycles. The van der Waals surface area contributed by atoms with E-state index in [0.29, 0.717) is 21.4 Å². The zero-order chi connectivity index (χ0) is 15.1. The van der Waals surface area contributed by atoms with Gasteiger partial charge in [-0.25, -0.2) is 13.6 Å².